The highest BCUT2D eigenvalue weighted by atomic mass is 127. The second-order valence-electron chi connectivity index (χ2n) is 17.1. The lowest BCUT2D eigenvalue weighted by molar-refractivity contribution is -0.123. The molecule has 1 saturated carbocycles. The van der Waals surface area contributed by atoms with Gasteiger partial charge in [0.15, 0.2) is 0 Å². The number of fused-ring (bicyclic) bond motifs is 5. The molecule has 2 heterocycles. The normalized spacial score (nSPS) is 15.8. The molecule has 0 bridgehead atoms. The Morgan fingerprint density at radius 3 is 2.37 bits per heavy atom. The second-order valence-corrected chi connectivity index (χ2v) is 18.2. The van der Waals surface area contributed by atoms with Gasteiger partial charge in [-0.25, -0.2) is 9.48 Å². The zero-order chi connectivity index (χ0) is 43.3. The summed E-state index contributed by atoms with van der Waals surface area (Å²) in [6.07, 6.45) is 7.72. The molecule has 1 fully saturated rings. The monoisotopic (exact) mass is 941 g/mol. The Kier molecular flexibility index (Phi) is 17.1. The molecule has 15 heteroatoms. The minimum absolute atomic E-state index is 0.0549. The Morgan fingerprint density at radius 2 is 1.67 bits per heavy atom. The lowest BCUT2D eigenvalue weighted by Gasteiger charge is -2.41. The standard InChI is InChI=1S/C45H64IN7O7/c1-7-45(5,58-6)25-29-60-43(2,3)24-20-37(54)47-27-21-38(55)52-31-32-15-8-9-16-33(32)40-39(34-17-10-11-19-36(34)52)50-51-53(40)28-30-59-42(57)48-26-13-12-18-35(41(46)56)49-44(4)22-14-23-44/h8-11,15-17,19,35,49H,7,12-14,18,20-31H2,1-6H3,(H,47,54)(H,48,57). The maximum Gasteiger partial charge on any atom is 0.407 e. The van der Waals surface area contributed by atoms with Gasteiger partial charge in [0.1, 0.15) is 12.3 Å². The highest BCUT2D eigenvalue weighted by Gasteiger charge is 2.35. The number of nitrogens with one attached hydrogen (secondary N) is 3. The average molecular weight is 942 g/mol. The van der Waals surface area contributed by atoms with Crippen LogP contribution in [-0.4, -0.2) is 92.9 Å². The summed E-state index contributed by atoms with van der Waals surface area (Å²) in [4.78, 5) is 53.4. The number of amides is 3. The van der Waals surface area contributed by atoms with E-state index in [2.05, 4.69) is 47.0 Å². The third-order valence-corrected chi connectivity index (χ3v) is 12.8. The molecule has 1 aliphatic heterocycles. The van der Waals surface area contributed by atoms with Crippen LogP contribution in [0.4, 0.5) is 10.5 Å². The number of rotatable bonds is 23. The van der Waals surface area contributed by atoms with Crippen LogP contribution >= 0.6 is 22.6 Å². The molecule has 328 valence electrons. The number of carbonyl (C=O) groups is 4. The van der Waals surface area contributed by atoms with Crippen LogP contribution in [0.2, 0.25) is 0 Å². The van der Waals surface area contributed by atoms with Gasteiger partial charge in [-0.15, -0.1) is 5.10 Å². The molecule has 2 unspecified atom stereocenters. The van der Waals surface area contributed by atoms with E-state index in [0.29, 0.717) is 37.5 Å². The number of anilines is 1. The number of para-hydroxylation sites is 1. The SMILES string of the molecule is CCC(C)(CCOC(C)(C)CCC(=O)NCCC(=O)N1Cc2ccccc2-c2c(nnn2CCOC(=O)NCCCCC(NC2(C)CCC2)C(=O)I)-c2ccccc21)OC. The van der Waals surface area contributed by atoms with Crippen molar-refractivity contribution in [1.29, 1.82) is 0 Å². The van der Waals surface area contributed by atoms with E-state index in [9.17, 15) is 19.2 Å². The Labute approximate surface area is 368 Å². The van der Waals surface area contributed by atoms with E-state index in [-0.39, 0.29) is 65.3 Å². The van der Waals surface area contributed by atoms with Crippen LogP contribution in [0.5, 0.6) is 0 Å². The highest BCUT2D eigenvalue weighted by Crippen LogP contribution is 2.41. The summed E-state index contributed by atoms with van der Waals surface area (Å²) in [6.45, 7) is 12.2. The van der Waals surface area contributed by atoms with Gasteiger partial charge in [-0.1, -0.05) is 54.6 Å². The molecule has 1 aliphatic carbocycles. The van der Waals surface area contributed by atoms with E-state index in [1.54, 1.807) is 16.7 Å². The summed E-state index contributed by atoms with van der Waals surface area (Å²) in [5.41, 5.74) is 3.96. The van der Waals surface area contributed by atoms with Crippen LogP contribution in [0, 0.1) is 0 Å². The van der Waals surface area contributed by atoms with Crippen molar-refractivity contribution >= 4 is 50.0 Å². The number of halogens is 1. The van der Waals surface area contributed by atoms with Gasteiger partial charge in [-0.3, -0.25) is 14.4 Å². The lowest BCUT2D eigenvalue weighted by Crippen LogP contribution is -2.54. The van der Waals surface area contributed by atoms with Gasteiger partial charge in [-0.05, 0) is 97.1 Å². The molecular formula is C45H64IN7O7. The molecule has 3 aromatic rings. The molecular weight excluding hydrogens is 877 g/mol. The minimum Gasteiger partial charge on any atom is -0.448 e. The van der Waals surface area contributed by atoms with Gasteiger partial charge in [0.05, 0.1) is 48.3 Å². The van der Waals surface area contributed by atoms with Crippen molar-refractivity contribution in [3.8, 4) is 22.5 Å². The zero-order valence-electron chi connectivity index (χ0n) is 36.2. The number of ether oxygens (including phenoxy) is 3. The highest BCUT2D eigenvalue weighted by molar-refractivity contribution is 14.1. The number of alkyl carbamates (subject to hydrolysis) is 1. The third-order valence-electron chi connectivity index (χ3n) is 12.0. The number of benzene rings is 2. The molecule has 60 heavy (non-hydrogen) atoms. The number of aromatic nitrogens is 3. The second kappa shape index (κ2) is 21.7. The fourth-order valence-electron chi connectivity index (χ4n) is 7.63. The maximum atomic E-state index is 14.0. The van der Waals surface area contributed by atoms with Crippen molar-refractivity contribution in [2.24, 2.45) is 0 Å². The Balaban J connectivity index is 1.14. The lowest BCUT2D eigenvalue weighted by atomic mass is 9.78. The predicted octanol–water partition coefficient (Wildman–Crippen LogP) is 7.50. The van der Waals surface area contributed by atoms with Crippen LogP contribution in [0.1, 0.15) is 111 Å². The number of nitrogens with zero attached hydrogens (tertiary/aromatic N) is 4. The fraction of sp³-hybridized carbons (Fsp3) is 0.600. The Hall–Kier alpha value is -3.93. The predicted molar refractivity (Wildman–Crippen MR) is 241 cm³/mol. The first kappa shape index (κ1) is 47.1. The van der Waals surface area contributed by atoms with Crippen molar-refractivity contribution in [1.82, 2.24) is 30.9 Å². The number of carbonyl (C=O) groups excluding carboxylic acids is 4. The van der Waals surface area contributed by atoms with Crippen LogP contribution in [-0.2, 0) is 41.7 Å². The number of hydrogen-bond acceptors (Lipinski definition) is 10. The molecule has 0 saturated heterocycles. The Morgan fingerprint density at radius 1 is 0.933 bits per heavy atom. The summed E-state index contributed by atoms with van der Waals surface area (Å²) in [5, 5.41) is 18.4. The van der Waals surface area contributed by atoms with Crippen molar-refractivity contribution in [2.45, 2.75) is 141 Å². The minimum atomic E-state index is -0.512. The maximum absolute atomic E-state index is 14.0. The smallest absolute Gasteiger partial charge is 0.407 e. The van der Waals surface area contributed by atoms with Crippen LogP contribution in [0.3, 0.4) is 0 Å². The van der Waals surface area contributed by atoms with Crippen molar-refractivity contribution in [2.75, 3.05) is 38.3 Å². The van der Waals surface area contributed by atoms with E-state index < -0.39 is 11.7 Å². The fourth-order valence-corrected chi connectivity index (χ4v) is 8.10. The van der Waals surface area contributed by atoms with Gasteiger partial charge in [0.2, 0.25) is 15.6 Å². The molecule has 14 nitrogen and oxygen atoms in total. The van der Waals surface area contributed by atoms with E-state index in [4.69, 9.17) is 14.2 Å². The van der Waals surface area contributed by atoms with Gasteiger partial charge >= 0.3 is 6.09 Å². The van der Waals surface area contributed by atoms with Crippen LogP contribution < -0.4 is 20.9 Å². The molecule has 2 aliphatic rings. The van der Waals surface area contributed by atoms with Crippen LogP contribution in [0.25, 0.3) is 22.5 Å². The quantitative estimate of drug-likeness (QED) is 0.0493. The first-order valence-corrected chi connectivity index (χ1v) is 22.5. The first-order chi connectivity index (χ1) is 28.7. The summed E-state index contributed by atoms with van der Waals surface area (Å²) < 4.78 is 19.2. The zero-order valence-corrected chi connectivity index (χ0v) is 38.4. The molecule has 2 aromatic carbocycles. The average Bonchev–Trinajstić information content (AvgIpc) is 3.63. The van der Waals surface area contributed by atoms with Gasteiger partial charge < -0.3 is 35.1 Å². The van der Waals surface area contributed by atoms with E-state index in [0.717, 1.165) is 67.3 Å². The van der Waals surface area contributed by atoms with Crippen molar-refractivity contribution in [3.63, 3.8) is 0 Å². The number of methoxy groups -OCH3 is 1. The summed E-state index contributed by atoms with van der Waals surface area (Å²) in [7, 11) is 1.72. The molecule has 0 spiro atoms. The van der Waals surface area contributed by atoms with Crippen molar-refractivity contribution < 1.29 is 33.4 Å². The molecule has 5 rings (SSSR count). The summed E-state index contributed by atoms with van der Waals surface area (Å²) >= 11 is 1.88. The Bertz CT molecular complexity index is 1930. The van der Waals surface area contributed by atoms with E-state index in [1.165, 1.54) is 6.42 Å². The molecule has 3 amide bonds. The molecule has 0 radical (unpaired) electrons. The van der Waals surface area contributed by atoms with Gasteiger partial charge in [0.25, 0.3) is 0 Å². The van der Waals surface area contributed by atoms with E-state index >= 15 is 0 Å². The first-order valence-electron chi connectivity index (χ1n) is 21.4. The molecule has 1 aromatic heterocycles. The summed E-state index contributed by atoms with van der Waals surface area (Å²) in [6, 6.07) is 15.3. The van der Waals surface area contributed by atoms with Crippen LogP contribution in [0.15, 0.2) is 48.5 Å². The summed E-state index contributed by atoms with van der Waals surface area (Å²) in [5.74, 6) is -0.261. The van der Waals surface area contributed by atoms with E-state index in [1.807, 2.05) is 85.0 Å². The number of unbranched alkanes of at least 4 members (excludes halogenated alkanes) is 1. The van der Waals surface area contributed by atoms with Gasteiger partial charge in [-0.2, -0.15) is 0 Å². The largest absolute Gasteiger partial charge is 0.448 e. The number of hydrogen-bond donors (Lipinski definition) is 3. The van der Waals surface area contributed by atoms with Gasteiger partial charge in [0, 0.05) is 72.3 Å². The topological polar surface area (TPSA) is 166 Å². The van der Waals surface area contributed by atoms with Crippen molar-refractivity contribution in [3.05, 3.63) is 54.1 Å². The molecule has 3 N–H and O–H groups in total. The third kappa shape index (κ3) is 13.0. The molecule has 2 atom stereocenters.